The van der Waals surface area contributed by atoms with Gasteiger partial charge in [-0.1, -0.05) is 6.92 Å². The van der Waals surface area contributed by atoms with Crippen molar-refractivity contribution in [3.05, 3.63) is 23.3 Å². The van der Waals surface area contributed by atoms with Crippen LogP contribution < -0.4 is 14.8 Å². The second kappa shape index (κ2) is 6.70. The molecule has 1 aliphatic heterocycles. The van der Waals surface area contributed by atoms with Gasteiger partial charge >= 0.3 is 6.03 Å². The van der Waals surface area contributed by atoms with Gasteiger partial charge in [-0.05, 0) is 43.0 Å². The lowest BCUT2D eigenvalue weighted by atomic mass is 9.94. The Morgan fingerprint density at radius 1 is 1.29 bits per heavy atom. The van der Waals surface area contributed by atoms with Gasteiger partial charge in [0.2, 0.25) is 0 Å². The standard InChI is InChI=1S/C16H24N2O3/c1-5-6-17-16(19)18-10-13-9-15(21-4)14(20-3)8-12(13)7-11(18)2/h8-9,11H,5-7,10H2,1-4H3,(H,17,19). The van der Waals surface area contributed by atoms with Gasteiger partial charge in [0.05, 0.1) is 14.2 Å². The second-order valence-corrected chi connectivity index (χ2v) is 5.39. The predicted octanol–water partition coefficient (Wildman–Crippen LogP) is 2.57. The van der Waals surface area contributed by atoms with Crippen molar-refractivity contribution in [3.63, 3.8) is 0 Å². The number of carbonyl (C=O) groups excluding carboxylic acids is 1. The summed E-state index contributed by atoms with van der Waals surface area (Å²) in [5.74, 6) is 1.45. The van der Waals surface area contributed by atoms with Crippen LogP contribution in [0.15, 0.2) is 12.1 Å². The lowest BCUT2D eigenvalue weighted by Gasteiger charge is -2.35. The van der Waals surface area contributed by atoms with Gasteiger partial charge in [-0.15, -0.1) is 0 Å². The molecule has 1 aromatic carbocycles. The summed E-state index contributed by atoms with van der Waals surface area (Å²) in [4.78, 5) is 14.1. The Kier molecular flexibility index (Phi) is 4.94. The van der Waals surface area contributed by atoms with E-state index in [0.717, 1.165) is 24.2 Å². The van der Waals surface area contributed by atoms with Crippen molar-refractivity contribution < 1.29 is 14.3 Å². The Morgan fingerprint density at radius 3 is 2.48 bits per heavy atom. The van der Waals surface area contributed by atoms with Gasteiger partial charge < -0.3 is 19.7 Å². The summed E-state index contributed by atoms with van der Waals surface area (Å²) < 4.78 is 10.7. The van der Waals surface area contributed by atoms with Crippen LogP contribution in [0.2, 0.25) is 0 Å². The smallest absolute Gasteiger partial charge is 0.317 e. The van der Waals surface area contributed by atoms with Crippen LogP contribution in [0.25, 0.3) is 0 Å². The Hall–Kier alpha value is -1.91. The summed E-state index contributed by atoms with van der Waals surface area (Å²) in [6, 6.07) is 4.17. The minimum atomic E-state index is 0.00443. The Labute approximate surface area is 126 Å². The molecule has 0 aromatic heterocycles. The molecule has 1 aliphatic rings. The minimum Gasteiger partial charge on any atom is -0.493 e. The summed E-state index contributed by atoms with van der Waals surface area (Å²) >= 11 is 0. The van der Waals surface area contributed by atoms with Crippen LogP contribution in [0.1, 0.15) is 31.4 Å². The lowest BCUT2D eigenvalue weighted by Crippen LogP contribution is -2.47. The number of nitrogens with one attached hydrogen (secondary N) is 1. The monoisotopic (exact) mass is 292 g/mol. The number of rotatable bonds is 4. The molecular formula is C16H24N2O3. The fraction of sp³-hybridized carbons (Fsp3) is 0.562. The molecule has 1 aromatic rings. The molecule has 5 heteroatoms. The molecule has 0 saturated carbocycles. The van der Waals surface area contributed by atoms with E-state index in [4.69, 9.17) is 9.47 Å². The van der Waals surface area contributed by atoms with Gasteiger partial charge in [-0.2, -0.15) is 0 Å². The van der Waals surface area contributed by atoms with Crippen LogP contribution in [0.3, 0.4) is 0 Å². The Morgan fingerprint density at radius 2 is 1.90 bits per heavy atom. The number of ether oxygens (including phenoxy) is 2. The third kappa shape index (κ3) is 3.23. The van der Waals surface area contributed by atoms with Crippen molar-refractivity contribution in [2.45, 2.75) is 39.3 Å². The zero-order valence-corrected chi connectivity index (χ0v) is 13.2. The van der Waals surface area contributed by atoms with Crippen molar-refractivity contribution in [3.8, 4) is 11.5 Å². The number of urea groups is 1. The Balaban J connectivity index is 2.23. The molecule has 0 fully saturated rings. The normalized spacial score (nSPS) is 17.1. The highest BCUT2D eigenvalue weighted by atomic mass is 16.5. The largest absolute Gasteiger partial charge is 0.493 e. The molecule has 21 heavy (non-hydrogen) atoms. The maximum atomic E-state index is 12.2. The zero-order chi connectivity index (χ0) is 15.4. The minimum absolute atomic E-state index is 0.00443. The first-order valence-corrected chi connectivity index (χ1v) is 7.38. The van der Waals surface area contributed by atoms with E-state index in [9.17, 15) is 4.79 Å². The van der Waals surface area contributed by atoms with E-state index in [-0.39, 0.29) is 12.1 Å². The highest BCUT2D eigenvalue weighted by Gasteiger charge is 2.27. The van der Waals surface area contributed by atoms with E-state index < -0.39 is 0 Å². The predicted molar refractivity (Wildman–Crippen MR) is 81.9 cm³/mol. The van der Waals surface area contributed by atoms with Gasteiger partial charge in [0.1, 0.15) is 0 Å². The topological polar surface area (TPSA) is 50.8 Å². The number of benzene rings is 1. The van der Waals surface area contributed by atoms with Crippen LogP contribution >= 0.6 is 0 Å². The number of carbonyl (C=O) groups is 1. The summed E-state index contributed by atoms with van der Waals surface area (Å²) in [5.41, 5.74) is 2.34. The van der Waals surface area contributed by atoms with Gasteiger partial charge in [0, 0.05) is 19.1 Å². The number of methoxy groups -OCH3 is 2. The van der Waals surface area contributed by atoms with Gasteiger partial charge in [0.15, 0.2) is 11.5 Å². The number of fused-ring (bicyclic) bond motifs is 1. The van der Waals surface area contributed by atoms with Gasteiger partial charge in [-0.25, -0.2) is 4.79 Å². The fourth-order valence-corrected chi connectivity index (χ4v) is 2.67. The highest BCUT2D eigenvalue weighted by molar-refractivity contribution is 5.75. The average Bonchev–Trinajstić information content (AvgIpc) is 2.50. The van der Waals surface area contributed by atoms with Crippen molar-refractivity contribution in [2.75, 3.05) is 20.8 Å². The molecule has 0 aliphatic carbocycles. The molecule has 0 spiro atoms. The number of nitrogens with zero attached hydrogens (tertiary/aromatic N) is 1. The van der Waals surface area contributed by atoms with Crippen molar-refractivity contribution >= 4 is 6.03 Å². The van der Waals surface area contributed by atoms with Crippen LogP contribution in [-0.2, 0) is 13.0 Å². The molecule has 1 N–H and O–H groups in total. The maximum absolute atomic E-state index is 12.2. The first kappa shape index (κ1) is 15.5. The van der Waals surface area contributed by atoms with Crippen LogP contribution in [0, 0.1) is 0 Å². The molecule has 0 radical (unpaired) electrons. The Bertz CT molecular complexity index is 516. The van der Waals surface area contributed by atoms with Crippen molar-refractivity contribution in [2.24, 2.45) is 0 Å². The molecule has 2 rings (SSSR count). The van der Waals surface area contributed by atoms with Crippen LogP contribution in [0.4, 0.5) is 4.79 Å². The molecule has 5 nitrogen and oxygen atoms in total. The fourth-order valence-electron chi connectivity index (χ4n) is 2.67. The molecule has 1 heterocycles. The van der Waals surface area contributed by atoms with Crippen LogP contribution in [-0.4, -0.2) is 37.7 Å². The van der Waals surface area contributed by atoms with E-state index in [1.807, 2.05) is 24.0 Å². The second-order valence-electron chi connectivity index (χ2n) is 5.39. The molecule has 1 unspecified atom stereocenters. The third-order valence-electron chi connectivity index (χ3n) is 3.88. The molecule has 0 saturated heterocycles. The average molecular weight is 292 g/mol. The first-order valence-electron chi connectivity index (χ1n) is 7.38. The summed E-state index contributed by atoms with van der Waals surface area (Å²) in [5, 5.41) is 2.95. The first-order chi connectivity index (χ1) is 10.1. The number of amides is 2. The SMILES string of the molecule is CCCNC(=O)N1Cc2cc(OC)c(OC)cc2CC1C. The summed E-state index contributed by atoms with van der Waals surface area (Å²) in [6.07, 6.45) is 1.77. The molecule has 1 atom stereocenters. The number of hydrogen-bond acceptors (Lipinski definition) is 3. The van der Waals surface area contributed by atoms with E-state index in [2.05, 4.69) is 12.2 Å². The van der Waals surface area contributed by atoms with Gasteiger partial charge in [-0.3, -0.25) is 0 Å². The molecule has 0 bridgehead atoms. The van der Waals surface area contributed by atoms with E-state index in [1.165, 1.54) is 5.56 Å². The lowest BCUT2D eigenvalue weighted by molar-refractivity contribution is 0.168. The zero-order valence-electron chi connectivity index (χ0n) is 13.2. The van der Waals surface area contributed by atoms with Gasteiger partial charge in [0.25, 0.3) is 0 Å². The van der Waals surface area contributed by atoms with E-state index in [0.29, 0.717) is 18.8 Å². The van der Waals surface area contributed by atoms with E-state index in [1.54, 1.807) is 14.2 Å². The number of hydrogen-bond donors (Lipinski definition) is 1. The van der Waals surface area contributed by atoms with Crippen molar-refractivity contribution in [1.82, 2.24) is 10.2 Å². The van der Waals surface area contributed by atoms with Crippen molar-refractivity contribution in [1.29, 1.82) is 0 Å². The summed E-state index contributed by atoms with van der Waals surface area (Å²) in [6.45, 7) is 5.44. The highest BCUT2D eigenvalue weighted by Crippen LogP contribution is 2.34. The van der Waals surface area contributed by atoms with E-state index >= 15 is 0 Å². The third-order valence-corrected chi connectivity index (χ3v) is 3.88. The summed E-state index contributed by atoms with van der Waals surface area (Å²) in [7, 11) is 3.27. The maximum Gasteiger partial charge on any atom is 0.317 e. The molecular weight excluding hydrogens is 268 g/mol. The van der Waals surface area contributed by atoms with Crippen LogP contribution in [0.5, 0.6) is 11.5 Å². The molecule has 116 valence electrons. The molecule has 2 amide bonds. The quantitative estimate of drug-likeness (QED) is 0.928.